The Morgan fingerprint density at radius 1 is 1.25 bits per heavy atom. The van der Waals surface area contributed by atoms with E-state index in [1.807, 2.05) is 34.6 Å². The van der Waals surface area contributed by atoms with Crippen molar-refractivity contribution in [1.29, 1.82) is 0 Å². The molecule has 20 heavy (non-hydrogen) atoms. The molecular weight excluding hydrogens is 260 g/mol. The van der Waals surface area contributed by atoms with Crippen molar-refractivity contribution in [3.8, 4) is 0 Å². The Bertz CT molecular complexity index is 287. The van der Waals surface area contributed by atoms with Crippen LogP contribution in [0.4, 0.5) is 4.79 Å². The molecule has 2 amide bonds. The molecule has 6 heteroatoms. The predicted molar refractivity (Wildman–Crippen MR) is 79.5 cm³/mol. The predicted octanol–water partition coefficient (Wildman–Crippen LogP) is 1.77. The van der Waals surface area contributed by atoms with Gasteiger partial charge in [-0.05, 0) is 33.6 Å². The molecule has 0 radical (unpaired) electrons. The molecule has 0 aromatic rings. The van der Waals surface area contributed by atoms with Gasteiger partial charge in [0.2, 0.25) is 5.91 Å². The summed E-state index contributed by atoms with van der Waals surface area (Å²) in [6, 6.07) is -0.375. The number of aliphatic hydroxyl groups excluding tert-OH is 1. The minimum absolute atomic E-state index is 0.122. The summed E-state index contributed by atoms with van der Waals surface area (Å²) < 4.78 is 5.25. The number of rotatable bonds is 1. The molecule has 2 N–H and O–H groups in total. The second-order valence-corrected chi connectivity index (χ2v) is 4.95. The van der Waals surface area contributed by atoms with Gasteiger partial charge in [-0.25, -0.2) is 4.79 Å². The van der Waals surface area contributed by atoms with Crippen LogP contribution in [0.2, 0.25) is 0 Å². The first-order valence-electron chi connectivity index (χ1n) is 7.01. The summed E-state index contributed by atoms with van der Waals surface area (Å²) in [6.45, 7) is 10.0. The van der Waals surface area contributed by atoms with Gasteiger partial charge < -0.3 is 15.2 Å². The van der Waals surface area contributed by atoms with Crippen molar-refractivity contribution >= 4 is 12.0 Å². The highest BCUT2D eigenvalue weighted by Crippen LogP contribution is 2.20. The van der Waals surface area contributed by atoms with Crippen LogP contribution in [0.1, 0.15) is 47.5 Å². The summed E-state index contributed by atoms with van der Waals surface area (Å²) in [4.78, 5) is 24.9. The molecule has 0 aromatic carbocycles. The summed E-state index contributed by atoms with van der Waals surface area (Å²) in [6.07, 6.45) is 1.15. The van der Waals surface area contributed by atoms with E-state index in [1.54, 1.807) is 7.05 Å². The number of carbonyl (C=O) groups is 2. The van der Waals surface area contributed by atoms with Crippen LogP contribution in [0, 0.1) is 0 Å². The first kappa shape index (κ1) is 21.0. The number of hydrogen-bond donors (Lipinski definition) is 2. The molecule has 1 aliphatic heterocycles. The standard InChI is InChI=1S/C11H20N2O3.C2H6.CH4O/c1-11(2,3)16-10(15)13-7-5-6-8(13)9(14)12-4;2*1-2/h8H,5-7H2,1-4H3,(H,12,14);1-2H3;2H,1H3/t8-;;/m0../s1. The summed E-state index contributed by atoms with van der Waals surface area (Å²) in [7, 11) is 2.58. The van der Waals surface area contributed by atoms with E-state index in [1.165, 1.54) is 4.90 Å². The van der Waals surface area contributed by atoms with Crippen molar-refractivity contribution in [3.63, 3.8) is 0 Å². The Hall–Kier alpha value is -1.30. The third-order valence-corrected chi connectivity index (χ3v) is 2.43. The summed E-state index contributed by atoms with van der Waals surface area (Å²) in [5.41, 5.74) is -0.521. The first-order valence-corrected chi connectivity index (χ1v) is 7.01. The van der Waals surface area contributed by atoms with Crippen LogP contribution < -0.4 is 5.32 Å². The number of amides is 2. The van der Waals surface area contributed by atoms with Gasteiger partial charge in [0.1, 0.15) is 11.6 Å². The van der Waals surface area contributed by atoms with E-state index in [0.717, 1.165) is 13.5 Å². The molecular formula is C14H30N2O4. The zero-order chi connectivity index (χ0) is 16.3. The van der Waals surface area contributed by atoms with E-state index in [9.17, 15) is 9.59 Å². The van der Waals surface area contributed by atoms with E-state index in [4.69, 9.17) is 9.84 Å². The number of carbonyl (C=O) groups excluding carboxylic acids is 2. The van der Waals surface area contributed by atoms with E-state index in [-0.39, 0.29) is 11.9 Å². The Balaban J connectivity index is 0. The van der Waals surface area contributed by atoms with Gasteiger partial charge in [0.15, 0.2) is 0 Å². The molecule has 120 valence electrons. The van der Waals surface area contributed by atoms with Crippen molar-refractivity contribution in [2.24, 2.45) is 0 Å². The SMILES string of the molecule is CC.CNC(=O)[C@@H]1CCCN1C(=O)OC(C)(C)C.CO. The quantitative estimate of drug-likeness (QED) is 0.771. The molecule has 1 heterocycles. The molecule has 1 fully saturated rings. The van der Waals surface area contributed by atoms with Crippen LogP contribution in [0.3, 0.4) is 0 Å². The lowest BCUT2D eigenvalue weighted by Gasteiger charge is -2.27. The van der Waals surface area contributed by atoms with Crippen molar-refractivity contribution < 1.29 is 19.4 Å². The summed E-state index contributed by atoms with van der Waals surface area (Å²) in [5, 5.41) is 9.57. The number of likely N-dealkylation sites (N-methyl/N-ethyl adjacent to an activating group) is 1. The van der Waals surface area contributed by atoms with Gasteiger partial charge in [-0.15, -0.1) is 0 Å². The summed E-state index contributed by atoms with van der Waals surface area (Å²) >= 11 is 0. The lowest BCUT2D eigenvalue weighted by molar-refractivity contribution is -0.124. The largest absolute Gasteiger partial charge is 0.444 e. The van der Waals surface area contributed by atoms with Gasteiger partial charge in [-0.3, -0.25) is 9.69 Å². The van der Waals surface area contributed by atoms with Crippen LogP contribution in [0.25, 0.3) is 0 Å². The Morgan fingerprint density at radius 3 is 2.15 bits per heavy atom. The number of nitrogens with one attached hydrogen (secondary N) is 1. The van der Waals surface area contributed by atoms with Crippen molar-refractivity contribution in [1.82, 2.24) is 10.2 Å². The molecule has 0 aromatic heterocycles. The van der Waals surface area contributed by atoms with Gasteiger partial charge in [0.25, 0.3) is 0 Å². The maximum Gasteiger partial charge on any atom is 0.410 e. The molecule has 1 rings (SSSR count). The van der Waals surface area contributed by atoms with E-state index < -0.39 is 11.7 Å². The number of likely N-dealkylation sites (tertiary alicyclic amines) is 1. The second kappa shape index (κ2) is 10.5. The lowest BCUT2D eigenvalue weighted by atomic mass is 10.2. The van der Waals surface area contributed by atoms with Gasteiger partial charge >= 0.3 is 6.09 Å². The van der Waals surface area contributed by atoms with E-state index in [0.29, 0.717) is 13.0 Å². The normalized spacial score (nSPS) is 17.2. The smallest absolute Gasteiger partial charge is 0.410 e. The third-order valence-electron chi connectivity index (χ3n) is 2.43. The van der Waals surface area contributed by atoms with E-state index in [2.05, 4.69) is 5.32 Å². The molecule has 6 nitrogen and oxygen atoms in total. The molecule has 0 aliphatic carbocycles. The monoisotopic (exact) mass is 290 g/mol. The number of hydrogen-bond acceptors (Lipinski definition) is 4. The van der Waals surface area contributed by atoms with Crippen LogP contribution in [0.5, 0.6) is 0 Å². The van der Waals surface area contributed by atoms with Gasteiger partial charge in [0.05, 0.1) is 0 Å². The highest BCUT2D eigenvalue weighted by atomic mass is 16.6. The average molecular weight is 290 g/mol. The van der Waals surface area contributed by atoms with Crippen molar-refractivity contribution in [3.05, 3.63) is 0 Å². The highest BCUT2D eigenvalue weighted by Gasteiger charge is 2.35. The number of aliphatic hydroxyl groups is 1. The average Bonchev–Trinajstić information content (AvgIpc) is 2.90. The van der Waals surface area contributed by atoms with Crippen LogP contribution in [-0.4, -0.2) is 54.4 Å². The fourth-order valence-corrected chi connectivity index (χ4v) is 1.74. The lowest BCUT2D eigenvalue weighted by Crippen LogP contribution is -2.46. The first-order chi connectivity index (χ1) is 9.35. The summed E-state index contributed by atoms with van der Waals surface area (Å²) in [5.74, 6) is -0.122. The Kier molecular flexibility index (Phi) is 11.0. The van der Waals surface area contributed by atoms with Gasteiger partial charge in [-0.1, -0.05) is 13.8 Å². The Morgan fingerprint density at radius 2 is 1.75 bits per heavy atom. The number of nitrogens with zero attached hydrogens (tertiary/aromatic N) is 1. The molecule has 0 unspecified atom stereocenters. The Labute approximate surface area is 122 Å². The molecule has 0 bridgehead atoms. The van der Waals surface area contributed by atoms with Crippen molar-refractivity contribution in [2.45, 2.75) is 59.1 Å². The maximum atomic E-state index is 11.8. The topological polar surface area (TPSA) is 78.9 Å². The molecule has 1 atom stereocenters. The van der Waals surface area contributed by atoms with Gasteiger partial charge in [0, 0.05) is 20.7 Å². The minimum atomic E-state index is -0.521. The number of ether oxygens (including phenoxy) is 1. The highest BCUT2D eigenvalue weighted by molar-refractivity contribution is 5.86. The fraction of sp³-hybridized carbons (Fsp3) is 0.857. The molecule has 1 saturated heterocycles. The third kappa shape index (κ3) is 7.33. The van der Waals surface area contributed by atoms with Crippen LogP contribution in [0.15, 0.2) is 0 Å². The zero-order valence-electron chi connectivity index (χ0n) is 13.8. The zero-order valence-corrected chi connectivity index (χ0v) is 13.8. The maximum absolute atomic E-state index is 11.8. The van der Waals surface area contributed by atoms with E-state index >= 15 is 0 Å². The van der Waals surface area contributed by atoms with Crippen LogP contribution in [-0.2, 0) is 9.53 Å². The van der Waals surface area contributed by atoms with Crippen molar-refractivity contribution in [2.75, 3.05) is 20.7 Å². The molecule has 0 spiro atoms. The minimum Gasteiger partial charge on any atom is -0.444 e. The fourth-order valence-electron chi connectivity index (χ4n) is 1.74. The molecule has 0 saturated carbocycles. The second-order valence-electron chi connectivity index (χ2n) is 4.95. The van der Waals surface area contributed by atoms with Crippen LogP contribution >= 0.6 is 0 Å². The van der Waals surface area contributed by atoms with Gasteiger partial charge in [-0.2, -0.15) is 0 Å². The molecule has 1 aliphatic rings.